The van der Waals surface area contributed by atoms with Gasteiger partial charge in [-0.25, -0.2) is 0 Å². The van der Waals surface area contributed by atoms with Crippen molar-refractivity contribution in [2.24, 2.45) is 16.6 Å². The highest BCUT2D eigenvalue weighted by atomic mass is 16.1. The fraction of sp³-hybridized carbons (Fsp3) is 0.571. The number of amidine groups is 1. The molecule has 0 saturated carbocycles. The highest BCUT2D eigenvalue weighted by Crippen LogP contribution is 2.13. The summed E-state index contributed by atoms with van der Waals surface area (Å²) in [4.78, 5) is 16.0. The third-order valence-electron chi connectivity index (χ3n) is 3.05. The number of nitrogens with one attached hydrogen (secondary N) is 1. The Kier molecular flexibility index (Phi) is 6.09. The van der Waals surface area contributed by atoms with E-state index in [9.17, 15) is 4.79 Å². The van der Waals surface area contributed by atoms with Crippen molar-refractivity contribution in [3.05, 3.63) is 18.0 Å². The number of hydrogen-bond acceptors (Lipinski definition) is 3. The van der Waals surface area contributed by atoms with Crippen LogP contribution in [0.2, 0.25) is 0 Å². The van der Waals surface area contributed by atoms with Gasteiger partial charge in [-0.3, -0.25) is 9.79 Å². The van der Waals surface area contributed by atoms with E-state index in [0.717, 1.165) is 13.0 Å². The maximum absolute atomic E-state index is 12.1. The lowest BCUT2D eigenvalue weighted by molar-refractivity contribution is 0.0945. The topological polar surface area (TPSA) is 98.4 Å². The number of rotatable bonds is 7. The van der Waals surface area contributed by atoms with Crippen LogP contribution in [0.3, 0.4) is 0 Å². The summed E-state index contributed by atoms with van der Waals surface area (Å²) in [5.41, 5.74) is 12.6. The molecule has 0 fully saturated rings. The van der Waals surface area contributed by atoms with E-state index in [0.29, 0.717) is 36.1 Å². The van der Waals surface area contributed by atoms with Crippen LogP contribution >= 0.6 is 0 Å². The molecule has 6 nitrogen and oxygen atoms in total. The highest BCUT2D eigenvalue weighted by molar-refractivity contribution is 5.94. The van der Waals surface area contributed by atoms with Crippen LogP contribution in [-0.4, -0.2) is 29.9 Å². The summed E-state index contributed by atoms with van der Waals surface area (Å²) < 4.78 is 1.90. The maximum Gasteiger partial charge on any atom is 0.267 e. The van der Waals surface area contributed by atoms with Gasteiger partial charge >= 0.3 is 0 Å². The summed E-state index contributed by atoms with van der Waals surface area (Å²) in [7, 11) is 1.63. The van der Waals surface area contributed by atoms with Gasteiger partial charge in [0.1, 0.15) is 5.69 Å². The first-order chi connectivity index (χ1) is 9.43. The zero-order valence-corrected chi connectivity index (χ0v) is 12.5. The first kappa shape index (κ1) is 16.1. The van der Waals surface area contributed by atoms with Crippen molar-refractivity contribution in [3.63, 3.8) is 0 Å². The van der Waals surface area contributed by atoms with Crippen LogP contribution in [0.25, 0.3) is 0 Å². The molecule has 1 amide bonds. The molecule has 0 aromatic carbocycles. The Balaban J connectivity index is 2.62. The van der Waals surface area contributed by atoms with Crippen LogP contribution in [0.1, 0.15) is 37.2 Å². The summed E-state index contributed by atoms with van der Waals surface area (Å²) in [5, 5.41) is 2.83. The van der Waals surface area contributed by atoms with Gasteiger partial charge < -0.3 is 21.4 Å². The number of carbonyl (C=O) groups is 1. The number of nitrogens with two attached hydrogens (primary N) is 2. The first-order valence-electron chi connectivity index (χ1n) is 6.89. The molecule has 1 aromatic rings. The second-order valence-corrected chi connectivity index (χ2v) is 5.26. The first-order valence-corrected chi connectivity index (χ1v) is 6.89. The molecule has 0 atom stereocenters. The summed E-state index contributed by atoms with van der Waals surface area (Å²) in [6.07, 6.45) is 3.35. The van der Waals surface area contributed by atoms with Crippen LogP contribution in [0, 0.1) is 5.92 Å². The van der Waals surface area contributed by atoms with Crippen molar-refractivity contribution in [2.45, 2.75) is 33.2 Å². The minimum absolute atomic E-state index is 0.130. The van der Waals surface area contributed by atoms with Gasteiger partial charge in [-0.2, -0.15) is 0 Å². The van der Waals surface area contributed by atoms with Crippen molar-refractivity contribution in [1.29, 1.82) is 0 Å². The smallest absolute Gasteiger partial charge is 0.267 e. The van der Waals surface area contributed by atoms with Gasteiger partial charge in [0.2, 0.25) is 0 Å². The number of aryl methyl sites for hydroxylation is 1. The minimum atomic E-state index is -0.130. The van der Waals surface area contributed by atoms with E-state index in [-0.39, 0.29) is 5.91 Å². The van der Waals surface area contributed by atoms with Gasteiger partial charge in [0.25, 0.3) is 5.91 Å². The second kappa shape index (κ2) is 7.57. The Bertz CT molecular complexity index is 476. The van der Waals surface area contributed by atoms with E-state index in [2.05, 4.69) is 24.2 Å². The van der Waals surface area contributed by atoms with Crippen molar-refractivity contribution in [3.8, 4) is 0 Å². The molecule has 20 heavy (non-hydrogen) atoms. The molecule has 0 unspecified atom stereocenters. The quantitative estimate of drug-likeness (QED) is 0.517. The molecule has 1 rings (SSSR count). The molecule has 5 N–H and O–H groups in total. The number of hydrogen-bond donors (Lipinski definition) is 3. The van der Waals surface area contributed by atoms with Gasteiger partial charge in [-0.05, 0) is 18.4 Å². The average molecular weight is 279 g/mol. The number of anilines is 1. The molecule has 0 radical (unpaired) electrons. The van der Waals surface area contributed by atoms with Gasteiger partial charge in [0, 0.05) is 32.8 Å². The van der Waals surface area contributed by atoms with E-state index >= 15 is 0 Å². The van der Waals surface area contributed by atoms with Gasteiger partial charge in [-0.15, -0.1) is 0 Å². The molecule has 0 aliphatic carbocycles. The van der Waals surface area contributed by atoms with Crippen molar-refractivity contribution < 1.29 is 4.79 Å². The highest BCUT2D eigenvalue weighted by Gasteiger charge is 2.12. The number of carbonyl (C=O) groups excluding carboxylic acids is 1. The predicted octanol–water partition coefficient (Wildman–Crippen LogP) is 1.22. The van der Waals surface area contributed by atoms with Crippen molar-refractivity contribution >= 4 is 17.4 Å². The number of nitrogens with zero attached hydrogens (tertiary/aromatic N) is 2. The molecular weight excluding hydrogens is 254 g/mol. The Labute approximate surface area is 120 Å². The van der Waals surface area contributed by atoms with E-state index in [1.54, 1.807) is 19.3 Å². The monoisotopic (exact) mass is 279 g/mol. The van der Waals surface area contributed by atoms with Crippen molar-refractivity contribution in [1.82, 2.24) is 9.88 Å². The van der Waals surface area contributed by atoms with Gasteiger partial charge in [-0.1, -0.05) is 13.8 Å². The molecule has 0 saturated heterocycles. The number of amides is 1. The Morgan fingerprint density at radius 3 is 2.80 bits per heavy atom. The van der Waals surface area contributed by atoms with Crippen LogP contribution in [0.15, 0.2) is 17.3 Å². The van der Waals surface area contributed by atoms with E-state index < -0.39 is 0 Å². The molecule has 1 heterocycles. The zero-order valence-electron chi connectivity index (χ0n) is 12.5. The molecular formula is C14H25N5O. The normalized spacial score (nSPS) is 11.9. The largest absolute Gasteiger partial charge is 0.397 e. The van der Waals surface area contributed by atoms with E-state index in [1.807, 2.05) is 4.57 Å². The lowest BCUT2D eigenvalue weighted by Gasteiger charge is -2.11. The summed E-state index contributed by atoms with van der Waals surface area (Å²) in [5.74, 6) is 0.976. The molecule has 0 aliphatic rings. The van der Waals surface area contributed by atoms with E-state index in [1.165, 1.54) is 0 Å². The van der Waals surface area contributed by atoms with E-state index in [4.69, 9.17) is 11.5 Å². The molecule has 0 bridgehead atoms. The number of aliphatic imine (C=N–C) groups is 1. The lowest BCUT2D eigenvalue weighted by Crippen LogP contribution is -2.29. The fourth-order valence-corrected chi connectivity index (χ4v) is 1.81. The van der Waals surface area contributed by atoms with Gasteiger partial charge in [0.05, 0.1) is 11.5 Å². The summed E-state index contributed by atoms with van der Waals surface area (Å²) >= 11 is 0. The zero-order chi connectivity index (χ0) is 15.1. The standard InChI is InChI=1S/C14H25N5O/c1-10(2)5-7-19-9-11(15)8-12(19)14(20)18-6-4-13(16)17-3/h8-10H,4-7,15H2,1-3H3,(H2,16,17)(H,18,20). The van der Waals surface area contributed by atoms with Gasteiger partial charge in [0.15, 0.2) is 0 Å². The molecule has 0 spiro atoms. The molecule has 1 aromatic heterocycles. The molecule has 0 aliphatic heterocycles. The molecule has 6 heteroatoms. The summed E-state index contributed by atoms with van der Waals surface area (Å²) in [6.45, 7) is 5.56. The Morgan fingerprint density at radius 1 is 1.50 bits per heavy atom. The fourth-order valence-electron chi connectivity index (χ4n) is 1.81. The maximum atomic E-state index is 12.1. The Hall–Kier alpha value is -1.98. The average Bonchev–Trinajstić information content (AvgIpc) is 2.77. The third kappa shape index (κ3) is 4.95. The summed E-state index contributed by atoms with van der Waals surface area (Å²) in [6, 6.07) is 1.70. The van der Waals surface area contributed by atoms with Crippen LogP contribution in [0.4, 0.5) is 5.69 Å². The van der Waals surface area contributed by atoms with Crippen molar-refractivity contribution in [2.75, 3.05) is 19.3 Å². The number of nitrogen functional groups attached to an aromatic ring is 1. The van der Waals surface area contributed by atoms with Crippen LogP contribution in [-0.2, 0) is 6.54 Å². The third-order valence-corrected chi connectivity index (χ3v) is 3.05. The van der Waals surface area contributed by atoms with Crippen LogP contribution < -0.4 is 16.8 Å². The predicted molar refractivity (Wildman–Crippen MR) is 82.8 cm³/mol. The minimum Gasteiger partial charge on any atom is -0.397 e. The number of aromatic nitrogens is 1. The lowest BCUT2D eigenvalue weighted by atomic mass is 10.1. The Morgan fingerprint density at radius 2 is 2.20 bits per heavy atom. The van der Waals surface area contributed by atoms with Crippen LogP contribution in [0.5, 0.6) is 0 Å². The SMILES string of the molecule is CN=C(N)CCNC(=O)c1cc(N)cn1CCC(C)C. The second-order valence-electron chi connectivity index (χ2n) is 5.26. The molecule has 112 valence electrons.